The molecule has 1 aromatic heterocycles. The maximum Gasteiger partial charge on any atom is 0.295 e. The van der Waals surface area contributed by atoms with E-state index in [-0.39, 0.29) is 5.82 Å². The third-order valence-electron chi connectivity index (χ3n) is 4.42. The van der Waals surface area contributed by atoms with Crippen LogP contribution < -0.4 is 5.32 Å². The first-order valence-electron chi connectivity index (χ1n) is 8.98. The summed E-state index contributed by atoms with van der Waals surface area (Å²) in [6.45, 7) is 1.86. The molecule has 0 aliphatic rings. The zero-order valence-electron chi connectivity index (χ0n) is 15.7. The molecule has 0 spiro atoms. The summed E-state index contributed by atoms with van der Waals surface area (Å²) in [7, 11) is 0. The van der Waals surface area contributed by atoms with Crippen LogP contribution in [0.15, 0.2) is 66.7 Å². The van der Waals surface area contributed by atoms with Gasteiger partial charge in [0.15, 0.2) is 5.82 Å². The molecule has 0 saturated carbocycles. The van der Waals surface area contributed by atoms with Crippen molar-refractivity contribution in [3.8, 4) is 17.1 Å². The largest absolute Gasteiger partial charge is 0.318 e. The van der Waals surface area contributed by atoms with Gasteiger partial charge in [0.2, 0.25) is 5.82 Å². The average Bonchev–Trinajstić information content (AvgIpc) is 3.17. The number of anilines is 1. The van der Waals surface area contributed by atoms with Gasteiger partial charge in [-0.2, -0.15) is 0 Å². The second kappa shape index (κ2) is 8.48. The van der Waals surface area contributed by atoms with Gasteiger partial charge in [-0.1, -0.05) is 59.1 Å². The molecule has 0 aliphatic carbocycles. The van der Waals surface area contributed by atoms with E-state index in [0.717, 1.165) is 11.1 Å². The quantitative estimate of drug-likeness (QED) is 0.383. The van der Waals surface area contributed by atoms with Gasteiger partial charge in [-0.25, -0.2) is 9.67 Å². The van der Waals surface area contributed by atoms with Crippen molar-refractivity contribution in [3.05, 3.63) is 93.2 Å². The summed E-state index contributed by atoms with van der Waals surface area (Å²) < 4.78 is 1.58. The number of hydrogen-bond donors (Lipinski definition) is 1. The van der Waals surface area contributed by atoms with Crippen LogP contribution in [0.4, 0.5) is 5.69 Å². The van der Waals surface area contributed by atoms with Gasteiger partial charge in [-0.15, -0.1) is 5.10 Å². The maximum atomic E-state index is 12.9. The molecule has 0 saturated heterocycles. The highest BCUT2D eigenvalue weighted by Gasteiger charge is 2.20. The highest BCUT2D eigenvalue weighted by atomic mass is 35.5. The number of nitrogens with one attached hydrogen (secondary N) is 1. The lowest BCUT2D eigenvalue weighted by molar-refractivity contribution is 0.101. The lowest BCUT2D eigenvalue weighted by Crippen LogP contribution is -2.15. The molecule has 0 radical (unpaired) electrons. The number of benzene rings is 3. The first-order chi connectivity index (χ1) is 14.4. The fraction of sp³-hybridized carbons (Fsp3) is 0.0455. The fourth-order valence-electron chi connectivity index (χ4n) is 2.94. The van der Waals surface area contributed by atoms with Gasteiger partial charge in [0.25, 0.3) is 5.91 Å². The zero-order valence-corrected chi connectivity index (χ0v) is 18.0. The number of aryl methyl sites for hydroxylation is 1. The lowest BCUT2D eigenvalue weighted by Gasteiger charge is -2.08. The van der Waals surface area contributed by atoms with Gasteiger partial charge < -0.3 is 5.32 Å². The lowest BCUT2D eigenvalue weighted by atomic mass is 10.2. The van der Waals surface area contributed by atoms with Crippen molar-refractivity contribution in [3.63, 3.8) is 0 Å². The minimum absolute atomic E-state index is 0.000699. The highest BCUT2D eigenvalue weighted by Crippen LogP contribution is 2.27. The number of hydrogen-bond acceptors (Lipinski definition) is 3. The van der Waals surface area contributed by atoms with Gasteiger partial charge in [0.1, 0.15) is 0 Å². The standard InChI is InChI=1S/C22H15Cl3N4O/c1-13-4-2-7-18(25)19(13)26-22(30)20-27-21(14-5-3-6-16(24)12-14)29(28-20)17-10-8-15(23)9-11-17/h2-12H,1H3,(H,26,30). The zero-order chi connectivity index (χ0) is 21.3. The number of aromatic nitrogens is 3. The first-order valence-corrected chi connectivity index (χ1v) is 10.1. The molecule has 0 atom stereocenters. The third kappa shape index (κ3) is 4.19. The van der Waals surface area contributed by atoms with Crippen molar-refractivity contribution in [2.45, 2.75) is 6.92 Å². The molecular weight excluding hydrogens is 443 g/mol. The number of halogens is 3. The molecular formula is C22H15Cl3N4O. The van der Waals surface area contributed by atoms with E-state index >= 15 is 0 Å². The number of nitrogens with zero attached hydrogens (tertiary/aromatic N) is 3. The van der Waals surface area contributed by atoms with Crippen molar-refractivity contribution in [1.29, 1.82) is 0 Å². The van der Waals surface area contributed by atoms with E-state index in [4.69, 9.17) is 34.8 Å². The number of carbonyl (C=O) groups excluding carboxylic acids is 1. The van der Waals surface area contributed by atoms with Crippen molar-refractivity contribution in [2.24, 2.45) is 0 Å². The topological polar surface area (TPSA) is 59.8 Å². The summed E-state index contributed by atoms with van der Waals surface area (Å²) in [5.41, 5.74) is 2.78. The molecule has 1 N–H and O–H groups in total. The Morgan fingerprint density at radius 3 is 2.37 bits per heavy atom. The number of amides is 1. The number of rotatable bonds is 4. The summed E-state index contributed by atoms with van der Waals surface area (Å²) in [5, 5.41) is 8.82. The van der Waals surface area contributed by atoms with Crippen molar-refractivity contribution >= 4 is 46.4 Å². The molecule has 0 aliphatic heterocycles. The summed E-state index contributed by atoms with van der Waals surface area (Å²) in [6, 6.07) is 19.7. The molecule has 8 heteroatoms. The Hall–Kier alpha value is -2.86. The monoisotopic (exact) mass is 456 g/mol. The fourth-order valence-corrected chi connectivity index (χ4v) is 3.53. The normalized spacial score (nSPS) is 10.8. The molecule has 0 bridgehead atoms. The average molecular weight is 458 g/mol. The van der Waals surface area contributed by atoms with Crippen LogP contribution >= 0.6 is 34.8 Å². The summed E-state index contributed by atoms with van der Waals surface area (Å²) in [6.07, 6.45) is 0. The Bertz CT molecular complexity index is 1220. The Morgan fingerprint density at radius 2 is 1.67 bits per heavy atom. The predicted octanol–water partition coefficient (Wildman–Crippen LogP) is 6.46. The van der Waals surface area contributed by atoms with E-state index in [0.29, 0.717) is 32.3 Å². The van der Waals surface area contributed by atoms with Gasteiger partial charge in [-0.05, 0) is 55.0 Å². The van der Waals surface area contributed by atoms with Crippen LogP contribution in [-0.2, 0) is 0 Å². The Morgan fingerprint density at radius 1 is 0.933 bits per heavy atom. The minimum Gasteiger partial charge on any atom is -0.318 e. The van der Waals surface area contributed by atoms with Gasteiger partial charge >= 0.3 is 0 Å². The Balaban J connectivity index is 1.78. The number of carbonyl (C=O) groups is 1. The molecule has 150 valence electrons. The summed E-state index contributed by atoms with van der Waals surface area (Å²) in [5.74, 6) is 0.00212. The molecule has 4 rings (SSSR count). The van der Waals surface area contributed by atoms with Crippen molar-refractivity contribution in [1.82, 2.24) is 14.8 Å². The van der Waals surface area contributed by atoms with E-state index in [9.17, 15) is 4.79 Å². The Kier molecular flexibility index (Phi) is 5.77. The molecule has 0 unspecified atom stereocenters. The first kappa shape index (κ1) is 20.4. The molecule has 1 heterocycles. The molecule has 1 amide bonds. The predicted molar refractivity (Wildman–Crippen MR) is 121 cm³/mol. The van der Waals surface area contributed by atoms with Crippen molar-refractivity contribution in [2.75, 3.05) is 5.32 Å². The van der Waals surface area contributed by atoms with Gasteiger partial charge in [0, 0.05) is 15.6 Å². The van der Waals surface area contributed by atoms with Crippen molar-refractivity contribution < 1.29 is 4.79 Å². The van der Waals surface area contributed by atoms with E-state index in [1.54, 1.807) is 47.1 Å². The molecule has 5 nitrogen and oxygen atoms in total. The van der Waals surface area contributed by atoms with Crippen LogP contribution in [0.1, 0.15) is 16.2 Å². The molecule has 4 aromatic rings. The summed E-state index contributed by atoms with van der Waals surface area (Å²) in [4.78, 5) is 17.4. The Labute approximate surface area is 188 Å². The molecule has 3 aromatic carbocycles. The van der Waals surface area contributed by atoms with E-state index in [2.05, 4.69) is 15.4 Å². The second-order valence-corrected chi connectivity index (χ2v) is 7.82. The van der Waals surface area contributed by atoms with Crippen LogP contribution in [-0.4, -0.2) is 20.7 Å². The third-order valence-corrected chi connectivity index (χ3v) is 5.23. The maximum absolute atomic E-state index is 12.9. The minimum atomic E-state index is -0.470. The van der Waals surface area contributed by atoms with E-state index in [1.807, 2.05) is 31.2 Å². The van der Waals surface area contributed by atoms with Crippen LogP contribution in [0.3, 0.4) is 0 Å². The molecule has 0 fully saturated rings. The van der Waals surface area contributed by atoms with Crippen LogP contribution in [0.2, 0.25) is 15.1 Å². The van der Waals surface area contributed by atoms with Crippen LogP contribution in [0.25, 0.3) is 17.1 Å². The van der Waals surface area contributed by atoms with Gasteiger partial charge in [-0.3, -0.25) is 4.79 Å². The smallest absolute Gasteiger partial charge is 0.295 e. The van der Waals surface area contributed by atoms with Gasteiger partial charge in [0.05, 0.1) is 16.4 Å². The van der Waals surface area contributed by atoms with E-state index < -0.39 is 5.91 Å². The second-order valence-electron chi connectivity index (χ2n) is 6.54. The SMILES string of the molecule is Cc1cccc(Cl)c1NC(=O)c1nc(-c2cccc(Cl)c2)n(-c2ccc(Cl)cc2)n1. The molecule has 30 heavy (non-hydrogen) atoms. The van der Waals surface area contributed by atoms with Crippen LogP contribution in [0.5, 0.6) is 0 Å². The summed E-state index contributed by atoms with van der Waals surface area (Å²) >= 11 is 18.4. The highest BCUT2D eigenvalue weighted by molar-refractivity contribution is 6.34. The van der Waals surface area contributed by atoms with Crippen LogP contribution in [0, 0.1) is 6.92 Å². The van der Waals surface area contributed by atoms with E-state index in [1.165, 1.54) is 0 Å². The number of para-hydroxylation sites is 1.